The van der Waals surface area contributed by atoms with Crippen LogP contribution in [-0.2, 0) is 14.8 Å². The molecule has 3 aromatic rings. The molecule has 10 heteroatoms. The summed E-state index contributed by atoms with van der Waals surface area (Å²) in [5, 5.41) is 3.44. The van der Waals surface area contributed by atoms with Gasteiger partial charge in [-0.05, 0) is 69.2 Å². The van der Waals surface area contributed by atoms with Crippen molar-refractivity contribution in [1.82, 2.24) is 9.29 Å². The average Bonchev–Trinajstić information content (AvgIpc) is 3.21. The molecule has 0 radical (unpaired) electrons. The molecule has 4 rings (SSSR count). The van der Waals surface area contributed by atoms with Gasteiger partial charge in [-0.1, -0.05) is 11.3 Å². The lowest BCUT2D eigenvalue weighted by molar-refractivity contribution is -0.120. The summed E-state index contributed by atoms with van der Waals surface area (Å²) in [7, 11) is -3.60. The summed E-state index contributed by atoms with van der Waals surface area (Å²) >= 11 is 1.40. The second-order valence-electron chi connectivity index (χ2n) is 7.65. The van der Waals surface area contributed by atoms with Crippen molar-refractivity contribution in [3.05, 3.63) is 42.5 Å². The number of carbonyl (C=O) groups is 1. The Bertz CT molecular complexity index is 1220. The zero-order valence-electron chi connectivity index (χ0n) is 18.6. The number of sulfonamides is 1. The number of anilines is 1. The minimum absolute atomic E-state index is 0.128. The van der Waals surface area contributed by atoms with Crippen LogP contribution in [0.5, 0.6) is 11.5 Å². The quantitative estimate of drug-likeness (QED) is 0.511. The van der Waals surface area contributed by atoms with E-state index in [1.165, 1.54) is 15.6 Å². The number of thiazole rings is 1. The number of nitrogens with one attached hydrogen (secondary N) is 1. The van der Waals surface area contributed by atoms with Crippen LogP contribution in [-0.4, -0.2) is 49.9 Å². The van der Waals surface area contributed by atoms with Crippen LogP contribution in [0.3, 0.4) is 0 Å². The van der Waals surface area contributed by atoms with E-state index in [1.54, 1.807) is 24.3 Å². The van der Waals surface area contributed by atoms with Crippen LogP contribution in [0.1, 0.15) is 26.7 Å². The summed E-state index contributed by atoms with van der Waals surface area (Å²) < 4.78 is 39.2. The van der Waals surface area contributed by atoms with Crippen molar-refractivity contribution in [2.24, 2.45) is 5.92 Å². The highest BCUT2D eigenvalue weighted by atomic mass is 32.2. The molecular formula is C23H27N3O5S2. The number of nitrogens with zero attached hydrogens (tertiary/aromatic N) is 2. The molecule has 0 aliphatic carbocycles. The molecule has 1 aliphatic rings. The molecule has 1 fully saturated rings. The Hall–Kier alpha value is -2.69. The van der Waals surface area contributed by atoms with E-state index >= 15 is 0 Å². The molecule has 1 N–H and O–H groups in total. The van der Waals surface area contributed by atoms with Crippen LogP contribution >= 0.6 is 11.3 Å². The summed E-state index contributed by atoms with van der Waals surface area (Å²) in [4.78, 5) is 17.5. The number of amides is 1. The van der Waals surface area contributed by atoms with Crippen LogP contribution in [0.15, 0.2) is 47.4 Å². The summed E-state index contributed by atoms with van der Waals surface area (Å²) in [5.74, 6) is 1.02. The van der Waals surface area contributed by atoms with Crippen LogP contribution in [0, 0.1) is 5.92 Å². The molecule has 1 amide bonds. The Labute approximate surface area is 197 Å². The number of fused-ring (bicyclic) bond motifs is 1. The third-order valence-corrected chi connectivity index (χ3v) is 8.34. The first-order valence-electron chi connectivity index (χ1n) is 11.0. The van der Waals surface area contributed by atoms with Gasteiger partial charge in [0.1, 0.15) is 11.5 Å². The van der Waals surface area contributed by atoms with Crippen LogP contribution in [0.2, 0.25) is 0 Å². The Kier molecular flexibility index (Phi) is 7.16. The highest BCUT2D eigenvalue weighted by Crippen LogP contribution is 2.31. The molecule has 1 aliphatic heterocycles. The molecule has 8 nitrogen and oxygen atoms in total. The maximum atomic E-state index is 13.0. The maximum absolute atomic E-state index is 13.0. The fraction of sp³-hybridized carbons (Fsp3) is 0.391. The van der Waals surface area contributed by atoms with E-state index in [-0.39, 0.29) is 16.7 Å². The van der Waals surface area contributed by atoms with Crippen molar-refractivity contribution in [2.45, 2.75) is 31.6 Å². The van der Waals surface area contributed by atoms with Gasteiger partial charge in [0, 0.05) is 19.0 Å². The molecule has 1 saturated heterocycles. The van der Waals surface area contributed by atoms with Gasteiger partial charge in [0.05, 0.1) is 28.3 Å². The normalized spacial score (nSPS) is 15.5. The largest absolute Gasteiger partial charge is 0.494 e. The smallest absolute Gasteiger partial charge is 0.243 e. The second kappa shape index (κ2) is 10.1. The predicted octanol–water partition coefficient (Wildman–Crippen LogP) is 4.13. The molecule has 176 valence electrons. The van der Waals surface area contributed by atoms with Crippen molar-refractivity contribution in [3.63, 3.8) is 0 Å². The third kappa shape index (κ3) is 5.29. The Morgan fingerprint density at radius 3 is 2.36 bits per heavy atom. The van der Waals surface area contributed by atoms with Crippen LogP contribution < -0.4 is 14.8 Å². The lowest BCUT2D eigenvalue weighted by Gasteiger charge is -2.30. The monoisotopic (exact) mass is 489 g/mol. The van der Waals surface area contributed by atoms with E-state index in [2.05, 4.69) is 10.3 Å². The topological polar surface area (TPSA) is 97.8 Å². The molecule has 0 atom stereocenters. The van der Waals surface area contributed by atoms with Gasteiger partial charge in [-0.25, -0.2) is 13.4 Å². The highest BCUT2D eigenvalue weighted by Gasteiger charge is 2.32. The van der Waals surface area contributed by atoms with Gasteiger partial charge >= 0.3 is 0 Å². The number of rotatable bonds is 8. The van der Waals surface area contributed by atoms with E-state index in [0.29, 0.717) is 50.0 Å². The Morgan fingerprint density at radius 2 is 1.70 bits per heavy atom. The minimum Gasteiger partial charge on any atom is -0.494 e. The van der Waals surface area contributed by atoms with Gasteiger partial charge in [0.25, 0.3) is 0 Å². The highest BCUT2D eigenvalue weighted by molar-refractivity contribution is 7.89. The summed E-state index contributed by atoms with van der Waals surface area (Å²) in [6, 6.07) is 12.1. The van der Waals surface area contributed by atoms with Crippen molar-refractivity contribution < 1.29 is 22.7 Å². The maximum Gasteiger partial charge on any atom is 0.243 e. The molecule has 2 heterocycles. The first-order chi connectivity index (χ1) is 15.9. The fourth-order valence-electron chi connectivity index (χ4n) is 3.80. The number of hydrogen-bond acceptors (Lipinski definition) is 7. The first-order valence-corrected chi connectivity index (χ1v) is 13.2. The van der Waals surface area contributed by atoms with Gasteiger partial charge in [0.15, 0.2) is 5.13 Å². The van der Waals surface area contributed by atoms with Crippen molar-refractivity contribution in [1.29, 1.82) is 0 Å². The fourth-order valence-corrected chi connectivity index (χ4v) is 6.17. The molecule has 0 bridgehead atoms. The van der Waals surface area contributed by atoms with Crippen molar-refractivity contribution in [3.8, 4) is 11.5 Å². The molecule has 1 aromatic heterocycles. The number of hydrogen-bond donors (Lipinski definition) is 1. The number of aromatic nitrogens is 1. The first kappa shape index (κ1) is 23.5. The van der Waals surface area contributed by atoms with Gasteiger partial charge in [-0.15, -0.1) is 0 Å². The number of benzene rings is 2. The van der Waals surface area contributed by atoms with Crippen molar-refractivity contribution >= 4 is 42.6 Å². The van der Waals surface area contributed by atoms with Gasteiger partial charge in [-0.3, -0.25) is 4.79 Å². The summed E-state index contributed by atoms with van der Waals surface area (Å²) in [5.41, 5.74) is 0.801. The summed E-state index contributed by atoms with van der Waals surface area (Å²) in [6.45, 7) is 5.50. The standard InChI is InChI=1S/C23H27N3O5S2/c1-3-30-17-5-8-19(9-6-17)33(28,29)26-13-11-16(12-14-26)22(27)25-23-24-20-10-7-18(31-4-2)15-21(20)32-23/h5-10,15-16H,3-4,11-14H2,1-2H3,(H,24,25,27). The molecule has 2 aromatic carbocycles. The summed E-state index contributed by atoms with van der Waals surface area (Å²) in [6.07, 6.45) is 0.920. The Balaban J connectivity index is 1.36. The lowest BCUT2D eigenvalue weighted by Crippen LogP contribution is -2.41. The number of ether oxygens (including phenoxy) is 2. The SMILES string of the molecule is CCOc1ccc(S(=O)(=O)N2CCC(C(=O)Nc3nc4ccc(OCC)cc4s3)CC2)cc1. The zero-order valence-corrected chi connectivity index (χ0v) is 20.2. The van der Waals surface area contributed by atoms with Gasteiger partial charge in [-0.2, -0.15) is 4.31 Å². The van der Waals surface area contributed by atoms with Gasteiger partial charge in [0.2, 0.25) is 15.9 Å². The molecule has 0 saturated carbocycles. The van der Waals surface area contributed by atoms with E-state index in [4.69, 9.17) is 9.47 Å². The van der Waals surface area contributed by atoms with Crippen LogP contribution in [0.4, 0.5) is 5.13 Å². The lowest BCUT2D eigenvalue weighted by atomic mass is 9.97. The van der Waals surface area contributed by atoms with E-state index in [0.717, 1.165) is 16.0 Å². The van der Waals surface area contributed by atoms with E-state index in [1.807, 2.05) is 32.0 Å². The minimum atomic E-state index is -3.60. The predicted molar refractivity (Wildman–Crippen MR) is 129 cm³/mol. The molecule has 0 spiro atoms. The molecule has 0 unspecified atom stereocenters. The number of carbonyl (C=O) groups excluding carboxylic acids is 1. The van der Waals surface area contributed by atoms with Crippen molar-refractivity contribution in [2.75, 3.05) is 31.6 Å². The zero-order chi connectivity index (χ0) is 23.4. The van der Waals surface area contributed by atoms with Crippen LogP contribution in [0.25, 0.3) is 10.2 Å². The Morgan fingerprint density at radius 1 is 1.06 bits per heavy atom. The average molecular weight is 490 g/mol. The number of piperidine rings is 1. The van der Waals surface area contributed by atoms with E-state index < -0.39 is 10.0 Å². The molecular weight excluding hydrogens is 462 g/mol. The third-order valence-electron chi connectivity index (χ3n) is 5.50. The van der Waals surface area contributed by atoms with Gasteiger partial charge < -0.3 is 14.8 Å². The second-order valence-corrected chi connectivity index (χ2v) is 10.6. The van der Waals surface area contributed by atoms with E-state index in [9.17, 15) is 13.2 Å². The molecule has 33 heavy (non-hydrogen) atoms.